The molecule has 0 aromatic heterocycles. The van der Waals surface area contributed by atoms with E-state index in [-0.39, 0.29) is 11.4 Å². The Bertz CT molecular complexity index is 277. The van der Waals surface area contributed by atoms with Crippen molar-refractivity contribution in [1.82, 2.24) is 10.2 Å². The normalized spacial score (nSPS) is 14.4. The molecule has 0 aliphatic rings. The Morgan fingerprint density at radius 1 is 1.35 bits per heavy atom. The van der Waals surface area contributed by atoms with Crippen molar-refractivity contribution in [2.75, 3.05) is 13.1 Å². The summed E-state index contributed by atoms with van der Waals surface area (Å²) in [6, 6.07) is -0.440. The van der Waals surface area contributed by atoms with Gasteiger partial charge in [-0.1, -0.05) is 0 Å². The molecular formula is C12H26N4O. The second-order valence-electron chi connectivity index (χ2n) is 5.08. The minimum absolute atomic E-state index is 0.00802. The SMILES string of the molecule is CCN(CC)C(=O)C(C)N=C(N)NC(C)(C)C. The first-order valence-electron chi connectivity index (χ1n) is 6.11. The van der Waals surface area contributed by atoms with Gasteiger partial charge in [-0.3, -0.25) is 4.79 Å². The quantitative estimate of drug-likeness (QED) is 0.569. The summed E-state index contributed by atoms with van der Waals surface area (Å²) in [5.74, 6) is 0.319. The summed E-state index contributed by atoms with van der Waals surface area (Å²) in [6.45, 7) is 13.0. The highest BCUT2D eigenvalue weighted by molar-refractivity contribution is 5.86. The maximum absolute atomic E-state index is 11.9. The highest BCUT2D eigenvalue weighted by Gasteiger charge is 2.18. The Morgan fingerprint density at radius 3 is 2.18 bits per heavy atom. The van der Waals surface area contributed by atoms with Crippen molar-refractivity contribution in [3.05, 3.63) is 0 Å². The van der Waals surface area contributed by atoms with Crippen LogP contribution in [0.4, 0.5) is 0 Å². The van der Waals surface area contributed by atoms with E-state index in [0.717, 1.165) is 0 Å². The summed E-state index contributed by atoms with van der Waals surface area (Å²) in [6.07, 6.45) is 0. The standard InChI is InChI=1S/C12H26N4O/c1-7-16(8-2)10(17)9(3)14-11(13)15-12(4,5)6/h9H,7-8H2,1-6H3,(H3,13,14,15). The lowest BCUT2D eigenvalue weighted by Gasteiger charge is -2.24. The number of nitrogens with one attached hydrogen (secondary N) is 1. The Kier molecular flexibility index (Phi) is 5.99. The van der Waals surface area contributed by atoms with Crippen LogP contribution in [0.3, 0.4) is 0 Å². The van der Waals surface area contributed by atoms with Gasteiger partial charge in [-0.25, -0.2) is 4.99 Å². The summed E-state index contributed by atoms with van der Waals surface area (Å²) in [5, 5.41) is 3.04. The third-order valence-corrected chi connectivity index (χ3v) is 2.27. The van der Waals surface area contributed by atoms with Crippen LogP contribution in [0.15, 0.2) is 4.99 Å². The van der Waals surface area contributed by atoms with Crippen LogP contribution in [0.1, 0.15) is 41.5 Å². The summed E-state index contributed by atoms with van der Waals surface area (Å²) in [7, 11) is 0. The first-order chi connectivity index (χ1) is 7.71. The number of rotatable bonds is 4. The van der Waals surface area contributed by atoms with Crippen LogP contribution < -0.4 is 11.1 Å². The second kappa shape index (κ2) is 6.47. The molecule has 0 rings (SSSR count). The number of likely N-dealkylation sites (N-methyl/N-ethyl adjacent to an activating group) is 1. The number of carbonyl (C=O) groups is 1. The largest absolute Gasteiger partial charge is 0.370 e. The number of carbonyl (C=O) groups excluding carboxylic acids is 1. The van der Waals surface area contributed by atoms with Crippen molar-refractivity contribution in [3.8, 4) is 0 Å². The number of nitrogens with two attached hydrogens (primary N) is 1. The van der Waals surface area contributed by atoms with Crippen LogP contribution in [0.2, 0.25) is 0 Å². The van der Waals surface area contributed by atoms with E-state index < -0.39 is 6.04 Å². The summed E-state index contributed by atoms with van der Waals surface area (Å²) in [5.41, 5.74) is 5.60. The zero-order chi connectivity index (χ0) is 13.6. The molecule has 5 heteroatoms. The van der Waals surface area contributed by atoms with Crippen molar-refractivity contribution in [2.24, 2.45) is 10.7 Å². The molecule has 0 saturated heterocycles. The molecule has 1 amide bonds. The van der Waals surface area contributed by atoms with E-state index >= 15 is 0 Å². The Balaban J connectivity index is 4.56. The molecule has 3 N–H and O–H groups in total. The zero-order valence-corrected chi connectivity index (χ0v) is 11.9. The third kappa shape index (κ3) is 6.14. The molecule has 1 atom stereocenters. The molecule has 100 valence electrons. The highest BCUT2D eigenvalue weighted by atomic mass is 16.2. The maximum Gasteiger partial charge on any atom is 0.247 e. The van der Waals surface area contributed by atoms with Gasteiger partial charge in [0.15, 0.2) is 5.96 Å². The van der Waals surface area contributed by atoms with Crippen LogP contribution in [-0.4, -0.2) is 41.4 Å². The van der Waals surface area contributed by atoms with E-state index in [1.165, 1.54) is 0 Å². The molecular weight excluding hydrogens is 216 g/mol. The third-order valence-electron chi connectivity index (χ3n) is 2.27. The van der Waals surface area contributed by atoms with Gasteiger partial charge < -0.3 is 16.0 Å². The minimum atomic E-state index is -0.440. The minimum Gasteiger partial charge on any atom is -0.370 e. The van der Waals surface area contributed by atoms with E-state index in [1.54, 1.807) is 11.8 Å². The van der Waals surface area contributed by atoms with Gasteiger partial charge in [0.25, 0.3) is 0 Å². The van der Waals surface area contributed by atoms with Gasteiger partial charge in [-0.05, 0) is 41.5 Å². The predicted molar refractivity (Wildman–Crippen MR) is 71.9 cm³/mol. The monoisotopic (exact) mass is 242 g/mol. The van der Waals surface area contributed by atoms with Gasteiger partial charge in [0.2, 0.25) is 5.91 Å². The van der Waals surface area contributed by atoms with Crippen LogP contribution in [0, 0.1) is 0 Å². The number of hydrogen-bond acceptors (Lipinski definition) is 2. The van der Waals surface area contributed by atoms with Crippen molar-refractivity contribution < 1.29 is 4.79 Å². The number of hydrogen-bond donors (Lipinski definition) is 2. The Morgan fingerprint density at radius 2 is 1.82 bits per heavy atom. The van der Waals surface area contributed by atoms with E-state index in [0.29, 0.717) is 19.0 Å². The molecule has 17 heavy (non-hydrogen) atoms. The number of amides is 1. The fourth-order valence-corrected chi connectivity index (χ4v) is 1.48. The van der Waals surface area contributed by atoms with Gasteiger partial charge in [0.1, 0.15) is 6.04 Å². The first-order valence-corrected chi connectivity index (χ1v) is 6.11. The van der Waals surface area contributed by atoms with E-state index in [1.807, 2.05) is 34.6 Å². The van der Waals surface area contributed by atoms with Crippen molar-refractivity contribution in [1.29, 1.82) is 0 Å². The molecule has 1 unspecified atom stereocenters. The van der Waals surface area contributed by atoms with Crippen molar-refractivity contribution in [3.63, 3.8) is 0 Å². The van der Waals surface area contributed by atoms with Crippen LogP contribution in [0.25, 0.3) is 0 Å². The summed E-state index contributed by atoms with van der Waals surface area (Å²) in [4.78, 5) is 17.9. The van der Waals surface area contributed by atoms with Crippen LogP contribution in [-0.2, 0) is 4.79 Å². The fraction of sp³-hybridized carbons (Fsp3) is 0.833. The lowest BCUT2D eigenvalue weighted by molar-refractivity contribution is -0.131. The molecule has 0 aliphatic carbocycles. The van der Waals surface area contributed by atoms with Crippen LogP contribution in [0.5, 0.6) is 0 Å². The smallest absolute Gasteiger partial charge is 0.247 e. The molecule has 0 saturated carbocycles. The highest BCUT2D eigenvalue weighted by Crippen LogP contribution is 2.01. The van der Waals surface area contributed by atoms with Gasteiger partial charge in [-0.2, -0.15) is 0 Å². The van der Waals surface area contributed by atoms with Gasteiger partial charge in [-0.15, -0.1) is 0 Å². The summed E-state index contributed by atoms with van der Waals surface area (Å²) < 4.78 is 0. The predicted octanol–water partition coefficient (Wildman–Crippen LogP) is 0.946. The number of guanidine groups is 1. The number of aliphatic imine (C=N–C) groups is 1. The average molecular weight is 242 g/mol. The Hall–Kier alpha value is -1.26. The lowest BCUT2D eigenvalue weighted by Crippen LogP contribution is -2.46. The van der Waals surface area contributed by atoms with Gasteiger partial charge in [0, 0.05) is 18.6 Å². The molecule has 0 fully saturated rings. The molecule has 5 nitrogen and oxygen atoms in total. The maximum atomic E-state index is 11.9. The molecule has 0 aliphatic heterocycles. The molecule has 0 aromatic carbocycles. The van der Waals surface area contributed by atoms with Crippen molar-refractivity contribution in [2.45, 2.75) is 53.1 Å². The first kappa shape index (κ1) is 15.7. The molecule has 0 heterocycles. The molecule has 0 radical (unpaired) electrons. The van der Waals surface area contributed by atoms with Crippen molar-refractivity contribution >= 4 is 11.9 Å². The van der Waals surface area contributed by atoms with Crippen LogP contribution >= 0.6 is 0 Å². The molecule has 0 spiro atoms. The van der Waals surface area contributed by atoms with Gasteiger partial charge in [0.05, 0.1) is 0 Å². The molecule has 0 bridgehead atoms. The van der Waals surface area contributed by atoms with E-state index in [4.69, 9.17) is 5.73 Å². The lowest BCUT2D eigenvalue weighted by atomic mass is 10.1. The molecule has 0 aromatic rings. The zero-order valence-electron chi connectivity index (χ0n) is 11.9. The number of nitrogens with zero attached hydrogens (tertiary/aromatic N) is 2. The van der Waals surface area contributed by atoms with E-state index in [2.05, 4.69) is 10.3 Å². The second-order valence-corrected chi connectivity index (χ2v) is 5.08. The fourth-order valence-electron chi connectivity index (χ4n) is 1.48. The topological polar surface area (TPSA) is 70.7 Å². The summed E-state index contributed by atoms with van der Waals surface area (Å²) >= 11 is 0. The average Bonchev–Trinajstić information content (AvgIpc) is 2.16. The van der Waals surface area contributed by atoms with E-state index in [9.17, 15) is 4.79 Å². The van der Waals surface area contributed by atoms with Gasteiger partial charge >= 0.3 is 0 Å². The Labute approximate surface area is 104 Å².